The minimum Gasteiger partial charge on any atom is -0.396 e. The van der Waals surface area contributed by atoms with Gasteiger partial charge in [0.1, 0.15) is 0 Å². The Kier molecular flexibility index (Phi) is 4.19. The van der Waals surface area contributed by atoms with E-state index < -0.39 is 0 Å². The monoisotopic (exact) mass is 263 g/mol. The lowest BCUT2D eigenvalue weighted by Crippen LogP contribution is -2.15. The first-order chi connectivity index (χ1) is 6.19. The number of hydrogen-bond acceptors (Lipinski definition) is 2. The van der Waals surface area contributed by atoms with Crippen LogP contribution in [0.4, 0.5) is 0 Å². The van der Waals surface area contributed by atoms with E-state index in [0.717, 1.165) is 10.0 Å². The fourth-order valence-electron chi connectivity index (χ4n) is 1.08. The van der Waals surface area contributed by atoms with Crippen LogP contribution in [0.5, 0.6) is 0 Å². The summed E-state index contributed by atoms with van der Waals surface area (Å²) in [5.74, 6) is -0.00596. The number of hydrogen-bond donors (Lipinski definition) is 2. The predicted molar refractivity (Wildman–Crippen MR) is 58.0 cm³/mol. The van der Waals surface area contributed by atoms with Crippen LogP contribution in [-0.2, 0) is 0 Å². The lowest BCUT2D eigenvalue weighted by atomic mass is 10.0. The fraction of sp³-hybridized carbons (Fsp3) is 0.333. The molecule has 0 aliphatic rings. The quantitative estimate of drug-likeness (QED) is 0.879. The van der Waals surface area contributed by atoms with Gasteiger partial charge in [-0.1, -0.05) is 17.7 Å². The summed E-state index contributed by atoms with van der Waals surface area (Å²) in [6, 6.07) is 5.55. The van der Waals surface area contributed by atoms with Gasteiger partial charge in [0.25, 0.3) is 0 Å². The normalized spacial score (nSPS) is 12.9. The van der Waals surface area contributed by atoms with E-state index in [2.05, 4.69) is 15.9 Å². The van der Waals surface area contributed by atoms with E-state index in [0.29, 0.717) is 11.6 Å². The third-order valence-corrected chi connectivity index (χ3v) is 3.13. The Morgan fingerprint density at radius 1 is 1.54 bits per heavy atom. The molecule has 1 unspecified atom stereocenters. The summed E-state index contributed by atoms with van der Waals surface area (Å²) in [6.45, 7) is 0.495. The fourth-order valence-corrected chi connectivity index (χ4v) is 1.60. The molecule has 0 spiro atoms. The number of halogens is 2. The van der Waals surface area contributed by atoms with Crippen molar-refractivity contribution in [2.24, 2.45) is 5.73 Å². The molecule has 0 aromatic heterocycles. The molecule has 4 heteroatoms. The van der Waals surface area contributed by atoms with Crippen molar-refractivity contribution in [1.29, 1.82) is 0 Å². The standard InChI is InChI=1S/C9H11BrClNO/c10-8-3-6(1-2-9(8)11)7(4-12)5-13/h1-3,7,13H,4-5,12H2. The number of rotatable bonds is 3. The number of nitrogens with two attached hydrogens (primary N) is 1. The smallest absolute Gasteiger partial charge is 0.0548 e. The molecule has 3 N–H and O–H groups in total. The average molecular weight is 265 g/mol. The van der Waals surface area contributed by atoms with E-state index in [4.69, 9.17) is 22.4 Å². The van der Waals surface area contributed by atoms with E-state index in [9.17, 15) is 0 Å². The van der Waals surface area contributed by atoms with Gasteiger partial charge in [-0.15, -0.1) is 0 Å². The first-order valence-corrected chi connectivity index (χ1v) is 5.12. The van der Waals surface area contributed by atoms with Crippen molar-refractivity contribution in [3.05, 3.63) is 33.3 Å². The van der Waals surface area contributed by atoms with E-state index >= 15 is 0 Å². The van der Waals surface area contributed by atoms with Gasteiger partial charge in [-0.25, -0.2) is 0 Å². The van der Waals surface area contributed by atoms with E-state index in [1.165, 1.54) is 0 Å². The summed E-state index contributed by atoms with van der Waals surface area (Å²) < 4.78 is 0.832. The molecule has 0 fully saturated rings. The summed E-state index contributed by atoms with van der Waals surface area (Å²) in [6.07, 6.45) is 0. The van der Waals surface area contributed by atoms with Crippen LogP contribution in [0.3, 0.4) is 0 Å². The van der Waals surface area contributed by atoms with Crippen LogP contribution in [0.25, 0.3) is 0 Å². The van der Waals surface area contributed by atoms with Crippen LogP contribution in [0, 0.1) is 0 Å². The molecule has 0 amide bonds. The van der Waals surface area contributed by atoms with Gasteiger partial charge in [-0.3, -0.25) is 0 Å². The van der Waals surface area contributed by atoms with E-state index in [1.807, 2.05) is 12.1 Å². The summed E-state index contributed by atoms with van der Waals surface area (Å²) in [7, 11) is 0. The van der Waals surface area contributed by atoms with E-state index in [1.54, 1.807) is 6.07 Å². The highest BCUT2D eigenvalue weighted by molar-refractivity contribution is 9.10. The van der Waals surface area contributed by atoms with Gasteiger partial charge in [-0.05, 0) is 33.6 Å². The van der Waals surface area contributed by atoms with Crippen molar-refractivity contribution in [1.82, 2.24) is 0 Å². The Balaban J connectivity index is 2.95. The topological polar surface area (TPSA) is 46.2 Å². The van der Waals surface area contributed by atoms with Crippen LogP contribution < -0.4 is 5.73 Å². The molecule has 0 saturated carbocycles. The Labute approximate surface area is 90.8 Å². The highest BCUT2D eigenvalue weighted by atomic mass is 79.9. The third kappa shape index (κ3) is 2.68. The second kappa shape index (κ2) is 4.96. The summed E-state index contributed by atoms with van der Waals surface area (Å²) in [4.78, 5) is 0. The first kappa shape index (κ1) is 11.0. The van der Waals surface area contributed by atoms with Crippen LogP contribution in [0.2, 0.25) is 5.02 Å². The molecule has 1 aromatic rings. The maximum atomic E-state index is 9.01. The molecule has 0 radical (unpaired) electrons. The Bertz CT molecular complexity index is 289. The molecule has 1 aromatic carbocycles. The van der Waals surface area contributed by atoms with Crippen molar-refractivity contribution in [3.63, 3.8) is 0 Å². The van der Waals surface area contributed by atoms with Crippen molar-refractivity contribution in [3.8, 4) is 0 Å². The highest BCUT2D eigenvalue weighted by Crippen LogP contribution is 2.26. The zero-order chi connectivity index (χ0) is 9.84. The Hall–Kier alpha value is -0.0900. The lowest BCUT2D eigenvalue weighted by molar-refractivity contribution is 0.268. The molecule has 0 bridgehead atoms. The molecule has 0 aliphatic heterocycles. The van der Waals surface area contributed by atoms with E-state index in [-0.39, 0.29) is 12.5 Å². The second-order valence-electron chi connectivity index (χ2n) is 2.79. The summed E-state index contributed by atoms with van der Waals surface area (Å²) in [5.41, 5.74) is 6.50. The molecule has 13 heavy (non-hydrogen) atoms. The SMILES string of the molecule is NCC(CO)c1ccc(Cl)c(Br)c1. The van der Waals surface area contributed by atoms with Gasteiger partial charge in [-0.2, -0.15) is 0 Å². The zero-order valence-corrected chi connectivity index (χ0v) is 9.35. The molecule has 0 aliphatic carbocycles. The number of benzene rings is 1. The number of aliphatic hydroxyl groups is 1. The van der Waals surface area contributed by atoms with Crippen LogP contribution in [0.1, 0.15) is 11.5 Å². The summed E-state index contributed by atoms with van der Waals surface area (Å²) >= 11 is 9.15. The van der Waals surface area contributed by atoms with Crippen LogP contribution in [-0.4, -0.2) is 18.3 Å². The molecule has 0 heterocycles. The molecular formula is C9H11BrClNO. The Morgan fingerprint density at radius 3 is 2.69 bits per heavy atom. The Morgan fingerprint density at radius 2 is 2.23 bits per heavy atom. The van der Waals surface area contributed by atoms with Crippen molar-refractivity contribution in [2.45, 2.75) is 5.92 Å². The molecule has 0 saturated heterocycles. The van der Waals surface area contributed by atoms with Gasteiger partial charge in [0.05, 0.1) is 11.6 Å². The average Bonchev–Trinajstić information content (AvgIpc) is 2.13. The summed E-state index contributed by atoms with van der Waals surface area (Å²) in [5, 5.41) is 9.68. The van der Waals surface area contributed by atoms with Crippen molar-refractivity contribution in [2.75, 3.05) is 13.2 Å². The van der Waals surface area contributed by atoms with Crippen LogP contribution in [0.15, 0.2) is 22.7 Å². The maximum Gasteiger partial charge on any atom is 0.0548 e. The first-order valence-electron chi connectivity index (χ1n) is 3.95. The van der Waals surface area contributed by atoms with Crippen molar-refractivity contribution >= 4 is 27.5 Å². The van der Waals surface area contributed by atoms with Gasteiger partial charge in [0.15, 0.2) is 0 Å². The van der Waals surface area contributed by atoms with Crippen LogP contribution >= 0.6 is 27.5 Å². The molecular weight excluding hydrogens is 253 g/mol. The molecule has 2 nitrogen and oxygen atoms in total. The van der Waals surface area contributed by atoms with Gasteiger partial charge in [0.2, 0.25) is 0 Å². The third-order valence-electron chi connectivity index (χ3n) is 1.92. The molecule has 72 valence electrons. The number of aliphatic hydroxyl groups excluding tert-OH is 1. The van der Waals surface area contributed by atoms with Gasteiger partial charge < -0.3 is 10.8 Å². The lowest BCUT2D eigenvalue weighted by Gasteiger charge is -2.12. The predicted octanol–water partition coefficient (Wildman–Crippen LogP) is 2.14. The molecule has 1 atom stereocenters. The van der Waals surface area contributed by atoms with Gasteiger partial charge in [0, 0.05) is 16.9 Å². The van der Waals surface area contributed by atoms with Gasteiger partial charge >= 0.3 is 0 Å². The minimum atomic E-state index is -0.00596. The molecule has 1 rings (SSSR count). The maximum absolute atomic E-state index is 9.01. The zero-order valence-electron chi connectivity index (χ0n) is 7.00. The largest absolute Gasteiger partial charge is 0.396 e. The minimum absolute atomic E-state index is 0.00596. The van der Waals surface area contributed by atoms with Crippen molar-refractivity contribution < 1.29 is 5.11 Å². The second-order valence-corrected chi connectivity index (χ2v) is 4.05. The highest BCUT2D eigenvalue weighted by Gasteiger charge is 2.09.